The predicted octanol–water partition coefficient (Wildman–Crippen LogP) is 2.93. The second-order valence-corrected chi connectivity index (χ2v) is 2.62. The number of hydrogen-bond acceptors (Lipinski definition) is 1. The van der Waals surface area contributed by atoms with E-state index in [1.807, 2.05) is 30.4 Å². The molecule has 1 aromatic heterocycles. The smallest absolute Gasteiger partial charge is 0.0475 e. The van der Waals surface area contributed by atoms with Gasteiger partial charge in [0.15, 0.2) is 0 Å². The van der Waals surface area contributed by atoms with Gasteiger partial charge < -0.3 is 0 Å². The van der Waals surface area contributed by atoms with E-state index in [1.165, 1.54) is 0 Å². The van der Waals surface area contributed by atoms with Crippen LogP contribution in [0.4, 0.5) is 0 Å². The molecule has 0 amide bonds. The molecule has 1 rings (SSSR count). The molecule has 0 aromatic carbocycles. The second-order valence-electron chi connectivity index (χ2n) is 2.62. The van der Waals surface area contributed by atoms with Gasteiger partial charge in [-0.2, -0.15) is 0 Å². The highest BCUT2D eigenvalue weighted by Crippen LogP contribution is 2.17. The van der Waals surface area contributed by atoms with Gasteiger partial charge in [-0.25, -0.2) is 0 Å². The average molecular weight is 159 g/mol. The van der Waals surface area contributed by atoms with Crippen LogP contribution in [0.1, 0.15) is 18.0 Å². The van der Waals surface area contributed by atoms with E-state index in [0.29, 0.717) is 5.92 Å². The van der Waals surface area contributed by atoms with Crippen molar-refractivity contribution >= 4 is 0 Å². The molecule has 1 heterocycles. The van der Waals surface area contributed by atoms with E-state index in [2.05, 4.69) is 18.1 Å². The van der Waals surface area contributed by atoms with Crippen LogP contribution in [-0.4, -0.2) is 4.98 Å². The summed E-state index contributed by atoms with van der Waals surface area (Å²) in [7, 11) is 0. The van der Waals surface area contributed by atoms with Gasteiger partial charge >= 0.3 is 0 Å². The zero-order valence-corrected chi connectivity index (χ0v) is 7.11. The van der Waals surface area contributed by atoms with Crippen LogP contribution in [0.2, 0.25) is 0 Å². The fourth-order valence-electron chi connectivity index (χ4n) is 1.11. The van der Waals surface area contributed by atoms with E-state index < -0.39 is 0 Å². The first-order valence-corrected chi connectivity index (χ1v) is 4.03. The van der Waals surface area contributed by atoms with E-state index in [0.717, 1.165) is 12.1 Å². The summed E-state index contributed by atoms with van der Waals surface area (Å²) in [6.07, 6.45) is 6.50. The van der Waals surface area contributed by atoms with Crippen molar-refractivity contribution in [2.45, 2.75) is 12.3 Å². The van der Waals surface area contributed by atoms with Crippen LogP contribution in [0, 0.1) is 0 Å². The monoisotopic (exact) mass is 159 g/mol. The van der Waals surface area contributed by atoms with Gasteiger partial charge in [0.1, 0.15) is 0 Å². The summed E-state index contributed by atoms with van der Waals surface area (Å²) in [5, 5.41) is 0. The van der Waals surface area contributed by atoms with Crippen LogP contribution >= 0.6 is 0 Å². The van der Waals surface area contributed by atoms with Gasteiger partial charge in [-0.1, -0.05) is 18.2 Å². The van der Waals surface area contributed by atoms with Crippen LogP contribution < -0.4 is 0 Å². The Morgan fingerprint density at radius 3 is 2.75 bits per heavy atom. The number of aromatic nitrogens is 1. The first-order chi connectivity index (χ1) is 5.88. The van der Waals surface area contributed by atoms with Gasteiger partial charge in [0.05, 0.1) is 0 Å². The molecule has 0 radical (unpaired) electrons. The molecule has 0 aliphatic carbocycles. The lowest BCUT2D eigenvalue weighted by Crippen LogP contribution is -1.95. The highest BCUT2D eigenvalue weighted by Gasteiger charge is 2.04. The largest absolute Gasteiger partial charge is 0.261 e. The van der Waals surface area contributed by atoms with E-state index >= 15 is 0 Å². The molecule has 0 saturated carbocycles. The molecule has 62 valence electrons. The van der Waals surface area contributed by atoms with Crippen molar-refractivity contribution in [3.8, 4) is 0 Å². The van der Waals surface area contributed by atoms with Gasteiger partial charge in [0.25, 0.3) is 0 Å². The predicted molar refractivity (Wildman–Crippen MR) is 52.0 cm³/mol. The summed E-state index contributed by atoms with van der Waals surface area (Å²) >= 11 is 0. The first kappa shape index (κ1) is 8.72. The Labute approximate surface area is 73.5 Å². The number of pyridine rings is 1. The fourth-order valence-corrected chi connectivity index (χ4v) is 1.11. The van der Waals surface area contributed by atoms with Crippen LogP contribution in [0.5, 0.6) is 0 Å². The third kappa shape index (κ3) is 2.06. The molecule has 0 bridgehead atoms. The maximum Gasteiger partial charge on any atom is 0.0475 e. The number of allylic oxidation sites excluding steroid dienone is 2. The summed E-state index contributed by atoms with van der Waals surface area (Å²) in [4.78, 5) is 4.25. The van der Waals surface area contributed by atoms with E-state index in [1.54, 1.807) is 6.20 Å². The normalized spacial score (nSPS) is 12.0. The van der Waals surface area contributed by atoms with Gasteiger partial charge in [0, 0.05) is 17.8 Å². The lowest BCUT2D eigenvalue weighted by molar-refractivity contribution is 0.827. The summed E-state index contributed by atoms with van der Waals surface area (Å²) in [6.45, 7) is 7.47. The van der Waals surface area contributed by atoms with E-state index in [9.17, 15) is 0 Å². The zero-order chi connectivity index (χ0) is 8.81. The fraction of sp³-hybridized carbons (Fsp3) is 0.182. The highest BCUT2D eigenvalue weighted by atomic mass is 14.7. The average Bonchev–Trinajstić information content (AvgIpc) is 2.15. The van der Waals surface area contributed by atoms with Crippen molar-refractivity contribution in [2.24, 2.45) is 0 Å². The maximum absolute atomic E-state index is 4.25. The SMILES string of the molecule is C=CCC(C=C)c1ccccn1. The zero-order valence-electron chi connectivity index (χ0n) is 7.11. The summed E-state index contributed by atoms with van der Waals surface area (Å²) < 4.78 is 0. The quantitative estimate of drug-likeness (QED) is 0.615. The molecular formula is C11H13N. The molecular weight excluding hydrogens is 146 g/mol. The molecule has 1 unspecified atom stereocenters. The van der Waals surface area contributed by atoms with Crippen LogP contribution in [-0.2, 0) is 0 Å². The Morgan fingerprint density at radius 2 is 2.25 bits per heavy atom. The Kier molecular flexibility index (Phi) is 3.27. The Morgan fingerprint density at radius 1 is 1.42 bits per heavy atom. The van der Waals surface area contributed by atoms with Crippen molar-refractivity contribution in [2.75, 3.05) is 0 Å². The third-order valence-electron chi connectivity index (χ3n) is 1.77. The minimum atomic E-state index is 0.309. The standard InChI is InChI=1S/C11H13N/c1-3-7-10(4-2)11-8-5-6-9-12-11/h3-6,8-10H,1-2,7H2. The van der Waals surface area contributed by atoms with Gasteiger partial charge in [-0.3, -0.25) is 4.98 Å². The maximum atomic E-state index is 4.25. The summed E-state index contributed by atoms with van der Waals surface area (Å²) in [5.74, 6) is 0.309. The van der Waals surface area contributed by atoms with Crippen molar-refractivity contribution in [1.82, 2.24) is 4.98 Å². The molecule has 1 aromatic rings. The summed E-state index contributed by atoms with van der Waals surface area (Å²) in [6, 6.07) is 5.91. The molecule has 1 atom stereocenters. The minimum absolute atomic E-state index is 0.309. The molecule has 1 heteroatoms. The van der Waals surface area contributed by atoms with Crippen LogP contribution in [0.25, 0.3) is 0 Å². The lowest BCUT2D eigenvalue weighted by Gasteiger charge is -2.07. The van der Waals surface area contributed by atoms with E-state index in [-0.39, 0.29) is 0 Å². The topological polar surface area (TPSA) is 12.9 Å². The molecule has 0 fully saturated rings. The molecule has 0 aliphatic rings. The van der Waals surface area contributed by atoms with Crippen LogP contribution in [0.3, 0.4) is 0 Å². The van der Waals surface area contributed by atoms with Gasteiger partial charge in [-0.05, 0) is 18.6 Å². The Hall–Kier alpha value is -1.37. The van der Waals surface area contributed by atoms with Crippen molar-refractivity contribution < 1.29 is 0 Å². The molecule has 0 spiro atoms. The van der Waals surface area contributed by atoms with Gasteiger partial charge in [-0.15, -0.1) is 13.2 Å². The summed E-state index contributed by atoms with van der Waals surface area (Å²) in [5.41, 5.74) is 1.06. The number of hydrogen-bond donors (Lipinski definition) is 0. The van der Waals surface area contributed by atoms with Gasteiger partial charge in [0.2, 0.25) is 0 Å². The third-order valence-corrected chi connectivity index (χ3v) is 1.77. The van der Waals surface area contributed by atoms with E-state index in [4.69, 9.17) is 0 Å². The Bertz CT molecular complexity index is 251. The molecule has 0 saturated heterocycles. The minimum Gasteiger partial charge on any atom is -0.261 e. The number of rotatable bonds is 4. The second kappa shape index (κ2) is 4.50. The van der Waals surface area contributed by atoms with Crippen molar-refractivity contribution in [3.05, 3.63) is 55.4 Å². The highest BCUT2D eigenvalue weighted by molar-refractivity contribution is 5.15. The Balaban J connectivity index is 2.79. The lowest BCUT2D eigenvalue weighted by atomic mass is 10.0. The van der Waals surface area contributed by atoms with Crippen LogP contribution in [0.15, 0.2) is 49.7 Å². The molecule has 1 nitrogen and oxygen atoms in total. The van der Waals surface area contributed by atoms with Crippen molar-refractivity contribution in [3.63, 3.8) is 0 Å². The molecule has 12 heavy (non-hydrogen) atoms. The van der Waals surface area contributed by atoms with Crippen molar-refractivity contribution in [1.29, 1.82) is 0 Å². The molecule has 0 aliphatic heterocycles. The first-order valence-electron chi connectivity index (χ1n) is 4.03. The molecule has 0 N–H and O–H groups in total. The number of nitrogens with zero attached hydrogens (tertiary/aromatic N) is 1.